The largest absolute Gasteiger partial charge is 0.294 e. The highest BCUT2D eigenvalue weighted by Crippen LogP contribution is 2.20. The Morgan fingerprint density at radius 1 is 1.19 bits per heavy atom. The summed E-state index contributed by atoms with van der Waals surface area (Å²) in [5.41, 5.74) is 0.506. The quantitative estimate of drug-likeness (QED) is 0.717. The molecule has 0 aliphatic carbocycles. The molecule has 3 aromatic rings. The molecule has 0 fully saturated rings. The van der Waals surface area contributed by atoms with Gasteiger partial charge in [0.1, 0.15) is 5.82 Å². The van der Waals surface area contributed by atoms with E-state index in [4.69, 9.17) is 23.2 Å². The maximum absolute atomic E-state index is 13.8. The molecule has 1 aromatic heterocycles. The Labute approximate surface area is 129 Å². The highest BCUT2D eigenvalue weighted by atomic mass is 35.5. The van der Waals surface area contributed by atoms with Gasteiger partial charge in [0.05, 0.1) is 23.8 Å². The highest BCUT2D eigenvalue weighted by molar-refractivity contribution is 6.31. The molecular formula is C15H9Cl2FN2O. The Balaban J connectivity index is 2.14. The topological polar surface area (TPSA) is 34.9 Å². The fraction of sp³-hybridized carbons (Fsp3) is 0.0667. The minimum atomic E-state index is -0.458. The summed E-state index contributed by atoms with van der Waals surface area (Å²) in [4.78, 5) is 16.6. The number of nitrogens with zero attached hydrogens (tertiary/aromatic N) is 2. The van der Waals surface area contributed by atoms with Crippen molar-refractivity contribution in [1.82, 2.24) is 9.55 Å². The van der Waals surface area contributed by atoms with E-state index >= 15 is 0 Å². The van der Waals surface area contributed by atoms with Gasteiger partial charge in [-0.25, -0.2) is 9.37 Å². The van der Waals surface area contributed by atoms with Crippen LogP contribution in [0.5, 0.6) is 0 Å². The number of aromatic nitrogens is 2. The summed E-state index contributed by atoms with van der Waals surface area (Å²) >= 11 is 11.9. The van der Waals surface area contributed by atoms with Gasteiger partial charge in [-0.15, -0.1) is 0 Å². The maximum Gasteiger partial charge on any atom is 0.261 e. The molecule has 0 amide bonds. The first-order valence-corrected chi connectivity index (χ1v) is 6.89. The van der Waals surface area contributed by atoms with Crippen LogP contribution in [-0.4, -0.2) is 9.55 Å². The predicted octanol–water partition coefficient (Wildman–Crippen LogP) is 3.89. The van der Waals surface area contributed by atoms with Crippen molar-refractivity contribution in [2.45, 2.75) is 6.54 Å². The number of fused-ring (bicyclic) bond motifs is 1. The fourth-order valence-corrected chi connectivity index (χ4v) is 2.49. The third-order valence-electron chi connectivity index (χ3n) is 3.18. The molecule has 3 nitrogen and oxygen atoms in total. The molecule has 0 aliphatic heterocycles. The fourth-order valence-electron chi connectivity index (χ4n) is 2.10. The summed E-state index contributed by atoms with van der Waals surface area (Å²) in [6.07, 6.45) is 1.38. The van der Waals surface area contributed by atoms with Crippen LogP contribution in [0, 0.1) is 5.82 Å². The standard InChI is InChI=1S/C15H9Cl2FN2O/c16-9-4-5-14-10(6-9)15(21)20(8-19-14)7-11-12(17)2-1-3-13(11)18/h1-6,8H,7H2. The van der Waals surface area contributed by atoms with Gasteiger partial charge in [-0.1, -0.05) is 29.3 Å². The average Bonchev–Trinajstić information content (AvgIpc) is 2.46. The summed E-state index contributed by atoms with van der Waals surface area (Å²) in [6, 6.07) is 9.27. The van der Waals surface area contributed by atoms with E-state index in [0.717, 1.165) is 0 Å². The molecule has 2 aromatic carbocycles. The number of benzene rings is 2. The van der Waals surface area contributed by atoms with Crippen LogP contribution in [0.3, 0.4) is 0 Å². The predicted molar refractivity (Wildman–Crippen MR) is 81.5 cm³/mol. The van der Waals surface area contributed by atoms with E-state index in [9.17, 15) is 9.18 Å². The molecule has 0 spiro atoms. The first kappa shape index (κ1) is 14.0. The normalized spacial score (nSPS) is 11.0. The van der Waals surface area contributed by atoms with E-state index in [-0.39, 0.29) is 22.7 Å². The number of rotatable bonds is 2. The molecule has 3 rings (SSSR count). The van der Waals surface area contributed by atoms with Gasteiger partial charge in [0.25, 0.3) is 5.56 Å². The van der Waals surface area contributed by atoms with Gasteiger partial charge in [-0.05, 0) is 30.3 Å². The molecular weight excluding hydrogens is 314 g/mol. The molecule has 0 atom stereocenters. The summed E-state index contributed by atoms with van der Waals surface area (Å²) in [6.45, 7) is 0.0137. The molecule has 0 aliphatic rings. The monoisotopic (exact) mass is 322 g/mol. The Hall–Kier alpha value is -1.91. The van der Waals surface area contributed by atoms with E-state index in [1.807, 2.05) is 0 Å². The second-order valence-electron chi connectivity index (χ2n) is 4.54. The lowest BCUT2D eigenvalue weighted by Crippen LogP contribution is -2.21. The van der Waals surface area contributed by atoms with Crippen molar-refractivity contribution in [2.75, 3.05) is 0 Å². The lowest BCUT2D eigenvalue weighted by molar-refractivity contribution is 0.595. The number of hydrogen-bond acceptors (Lipinski definition) is 2. The summed E-state index contributed by atoms with van der Waals surface area (Å²) in [5.74, 6) is -0.458. The van der Waals surface area contributed by atoms with Crippen LogP contribution in [0.2, 0.25) is 10.0 Å². The number of halogens is 3. The average molecular weight is 323 g/mol. The third kappa shape index (κ3) is 2.64. The second-order valence-corrected chi connectivity index (χ2v) is 5.38. The molecule has 1 heterocycles. The second kappa shape index (κ2) is 5.47. The molecule has 0 unspecified atom stereocenters. The summed E-state index contributed by atoms with van der Waals surface area (Å²) in [5, 5.41) is 1.11. The van der Waals surface area contributed by atoms with Gasteiger partial charge in [-0.2, -0.15) is 0 Å². The van der Waals surface area contributed by atoms with Crippen molar-refractivity contribution in [3.05, 3.63) is 74.5 Å². The van der Waals surface area contributed by atoms with Crippen molar-refractivity contribution in [3.8, 4) is 0 Å². The van der Waals surface area contributed by atoms with E-state index in [1.165, 1.54) is 23.0 Å². The van der Waals surface area contributed by atoms with Crippen molar-refractivity contribution in [1.29, 1.82) is 0 Å². The molecule has 0 bridgehead atoms. The Kier molecular flexibility index (Phi) is 3.66. The zero-order chi connectivity index (χ0) is 15.0. The zero-order valence-corrected chi connectivity index (χ0v) is 12.2. The van der Waals surface area contributed by atoms with Crippen LogP contribution in [0.25, 0.3) is 10.9 Å². The minimum absolute atomic E-state index is 0.0137. The first-order chi connectivity index (χ1) is 10.1. The maximum atomic E-state index is 13.8. The van der Waals surface area contributed by atoms with Crippen LogP contribution in [0.1, 0.15) is 5.56 Å². The van der Waals surface area contributed by atoms with Crippen LogP contribution < -0.4 is 5.56 Å². The lowest BCUT2D eigenvalue weighted by atomic mass is 10.2. The van der Waals surface area contributed by atoms with E-state index in [1.54, 1.807) is 24.3 Å². The van der Waals surface area contributed by atoms with E-state index in [0.29, 0.717) is 15.9 Å². The zero-order valence-electron chi connectivity index (χ0n) is 10.7. The lowest BCUT2D eigenvalue weighted by Gasteiger charge is -2.09. The van der Waals surface area contributed by atoms with Gasteiger partial charge < -0.3 is 0 Å². The van der Waals surface area contributed by atoms with Crippen LogP contribution in [-0.2, 0) is 6.54 Å². The Morgan fingerprint density at radius 3 is 2.76 bits per heavy atom. The molecule has 106 valence electrons. The summed E-state index contributed by atoms with van der Waals surface area (Å²) < 4.78 is 15.1. The Morgan fingerprint density at radius 2 is 2.00 bits per heavy atom. The van der Waals surface area contributed by atoms with Gasteiger partial charge in [0, 0.05) is 15.6 Å². The van der Waals surface area contributed by atoms with Gasteiger partial charge in [0.15, 0.2) is 0 Å². The number of hydrogen-bond donors (Lipinski definition) is 0. The molecule has 0 radical (unpaired) electrons. The van der Waals surface area contributed by atoms with E-state index in [2.05, 4.69) is 4.98 Å². The smallest absolute Gasteiger partial charge is 0.261 e. The van der Waals surface area contributed by atoms with Crippen molar-refractivity contribution in [2.24, 2.45) is 0 Å². The minimum Gasteiger partial charge on any atom is -0.294 e. The molecule has 6 heteroatoms. The molecule has 0 N–H and O–H groups in total. The third-order valence-corrected chi connectivity index (χ3v) is 3.77. The van der Waals surface area contributed by atoms with Crippen LogP contribution in [0.4, 0.5) is 4.39 Å². The highest BCUT2D eigenvalue weighted by Gasteiger charge is 2.10. The van der Waals surface area contributed by atoms with E-state index < -0.39 is 5.82 Å². The molecule has 21 heavy (non-hydrogen) atoms. The van der Waals surface area contributed by atoms with Crippen molar-refractivity contribution < 1.29 is 4.39 Å². The van der Waals surface area contributed by atoms with Gasteiger partial charge in [0.2, 0.25) is 0 Å². The van der Waals surface area contributed by atoms with Gasteiger partial charge >= 0.3 is 0 Å². The van der Waals surface area contributed by atoms with Crippen molar-refractivity contribution in [3.63, 3.8) is 0 Å². The molecule has 0 saturated heterocycles. The van der Waals surface area contributed by atoms with Crippen LogP contribution >= 0.6 is 23.2 Å². The first-order valence-electron chi connectivity index (χ1n) is 6.14. The van der Waals surface area contributed by atoms with Crippen molar-refractivity contribution >= 4 is 34.1 Å². The molecule has 0 saturated carbocycles. The summed E-state index contributed by atoms with van der Waals surface area (Å²) in [7, 11) is 0. The Bertz CT molecular complexity index is 872. The SMILES string of the molecule is O=c1c2cc(Cl)ccc2ncn1Cc1c(F)cccc1Cl. The van der Waals surface area contributed by atoms with Gasteiger partial charge in [-0.3, -0.25) is 9.36 Å². The van der Waals surface area contributed by atoms with Crippen LogP contribution in [0.15, 0.2) is 47.5 Å².